The van der Waals surface area contributed by atoms with Crippen molar-refractivity contribution < 1.29 is 19.4 Å². The largest absolute Gasteiger partial charge is 0.480 e. The number of carboxylic acids is 1. The highest BCUT2D eigenvalue weighted by atomic mass is 16.5. The van der Waals surface area contributed by atoms with Crippen LogP contribution in [0.15, 0.2) is 0 Å². The molecule has 0 bridgehead atoms. The van der Waals surface area contributed by atoms with E-state index >= 15 is 0 Å². The minimum atomic E-state index is -1.00. The van der Waals surface area contributed by atoms with E-state index in [0.29, 0.717) is 18.4 Å². The van der Waals surface area contributed by atoms with Gasteiger partial charge < -0.3 is 20.5 Å². The summed E-state index contributed by atoms with van der Waals surface area (Å²) in [6, 6.07) is 0.0464. The van der Waals surface area contributed by atoms with Crippen LogP contribution < -0.4 is 10.6 Å². The first-order valence-corrected chi connectivity index (χ1v) is 7.34. The fourth-order valence-electron chi connectivity index (χ4n) is 2.75. The van der Waals surface area contributed by atoms with E-state index in [4.69, 9.17) is 9.84 Å². The second-order valence-corrected chi connectivity index (χ2v) is 5.65. The van der Waals surface area contributed by atoms with E-state index in [2.05, 4.69) is 24.5 Å². The zero-order valence-electron chi connectivity index (χ0n) is 12.4. The lowest BCUT2D eigenvalue weighted by atomic mass is 9.78. The molecule has 1 fully saturated rings. The van der Waals surface area contributed by atoms with Gasteiger partial charge in [-0.2, -0.15) is 0 Å². The van der Waals surface area contributed by atoms with Crippen LogP contribution in [0.4, 0.5) is 4.79 Å². The van der Waals surface area contributed by atoms with Crippen molar-refractivity contribution in [2.45, 2.75) is 45.6 Å². The molecule has 0 aromatic heterocycles. The van der Waals surface area contributed by atoms with Crippen LogP contribution in [0, 0.1) is 11.8 Å². The van der Waals surface area contributed by atoms with E-state index in [1.165, 1.54) is 12.8 Å². The first-order chi connectivity index (χ1) is 9.50. The third-order valence-electron chi connectivity index (χ3n) is 3.75. The third kappa shape index (κ3) is 6.23. The van der Waals surface area contributed by atoms with Gasteiger partial charge in [0.05, 0.1) is 6.61 Å². The molecule has 6 heteroatoms. The smallest absolute Gasteiger partial charge is 0.329 e. The molecular weight excluding hydrogens is 260 g/mol. The van der Waals surface area contributed by atoms with Crippen molar-refractivity contribution in [3.05, 3.63) is 0 Å². The third-order valence-corrected chi connectivity index (χ3v) is 3.75. The van der Waals surface area contributed by atoms with Crippen LogP contribution in [-0.2, 0) is 9.53 Å². The van der Waals surface area contributed by atoms with Crippen LogP contribution in [0.1, 0.15) is 39.5 Å². The molecule has 1 aliphatic carbocycles. The minimum Gasteiger partial charge on any atom is -0.480 e. The normalized spacial score (nSPS) is 22.6. The molecule has 0 spiro atoms. The molecule has 2 unspecified atom stereocenters. The highest BCUT2D eigenvalue weighted by molar-refractivity contribution is 5.74. The lowest BCUT2D eigenvalue weighted by Gasteiger charge is -2.34. The van der Waals surface area contributed by atoms with Crippen molar-refractivity contribution in [1.82, 2.24) is 10.6 Å². The van der Waals surface area contributed by atoms with E-state index in [1.807, 2.05) is 0 Å². The van der Waals surface area contributed by atoms with Gasteiger partial charge in [0.15, 0.2) is 0 Å². The summed E-state index contributed by atoms with van der Waals surface area (Å²) in [6.45, 7) is 4.59. The Hall–Kier alpha value is -1.30. The summed E-state index contributed by atoms with van der Waals surface area (Å²) in [4.78, 5) is 22.0. The number of urea groups is 1. The van der Waals surface area contributed by atoms with Gasteiger partial charge in [0.25, 0.3) is 0 Å². The molecule has 116 valence electrons. The molecule has 0 radical (unpaired) electrons. The number of nitrogens with one attached hydrogen (secondary N) is 2. The molecule has 2 amide bonds. The molecule has 1 rings (SSSR count). The van der Waals surface area contributed by atoms with Crippen LogP contribution in [0.2, 0.25) is 0 Å². The summed E-state index contributed by atoms with van der Waals surface area (Å²) in [5.41, 5.74) is 0. The molecule has 0 saturated heterocycles. The molecular formula is C14H26N2O4. The van der Waals surface area contributed by atoms with Crippen LogP contribution in [0.5, 0.6) is 0 Å². The molecule has 6 nitrogen and oxygen atoms in total. The predicted molar refractivity (Wildman–Crippen MR) is 75.6 cm³/mol. The maximum Gasteiger partial charge on any atom is 0.329 e. The number of carboxylic acid groups (broad SMARTS) is 1. The van der Waals surface area contributed by atoms with E-state index in [0.717, 1.165) is 12.8 Å². The Labute approximate surface area is 120 Å². The minimum absolute atomic E-state index is 0.193. The molecule has 1 aliphatic rings. The Balaban J connectivity index is 2.21. The molecule has 0 heterocycles. The highest BCUT2D eigenvalue weighted by Crippen LogP contribution is 2.30. The summed E-state index contributed by atoms with van der Waals surface area (Å²) in [7, 11) is 0. The van der Waals surface area contributed by atoms with Gasteiger partial charge in [0, 0.05) is 12.6 Å². The first-order valence-electron chi connectivity index (χ1n) is 7.34. The van der Waals surface area contributed by atoms with Gasteiger partial charge in [-0.1, -0.05) is 26.7 Å². The summed E-state index contributed by atoms with van der Waals surface area (Å²) < 4.78 is 4.85. The zero-order valence-corrected chi connectivity index (χ0v) is 12.4. The average molecular weight is 286 g/mol. The average Bonchev–Trinajstić information content (AvgIpc) is 2.38. The maximum atomic E-state index is 11.8. The predicted octanol–water partition coefficient (Wildman–Crippen LogP) is 1.60. The number of ether oxygens (including phenoxy) is 1. The second-order valence-electron chi connectivity index (χ2n) is 5.65. The first kappa shape index (κ1) is 16.8. The lowest BCUT2D eigenvalue weighted by Crippen LogP contribution is -2.48. The van der Waals surface area contributed by atoms with Crippen molar-refractivity contribution in [3.8, 4) is 0 Å². The van der Waals surface area contributed by atoms with Gasteiger partial charge in [-0.3, -0.25) is 0 Å². The van der Waals surface area contributed by atoms with Gasteiger partial charge in [0.1, 0.15) is 6.61 Å². The van der Waals surface area contributed by atoms with E-state index in [-0.39, 0.29) is 25.3 Å². The van der Waals surface area contributed by atoms with Crippen molar-refractivity contribution in [1.29, 1.82) is 0 Å². The molecule has 3 N–H and O–H groups in total. The molecule has 1 saturated carbocycles. The summed E-state index contributed by atoms with van der Waals surface area (Å²) in [6.07, 6.45) is 4.61. The quantitative estimate of drug-likeness (QED) is 0.620. The molecule has 0 aromatic carbocycles. The van der Waals surface area contributed by atoms with Crippen molar-refractivity contribution in [2.24, 2.45) is 11.8 Å². The number of carbonyl (C=O) groups excluding carboxylic acids is 1. The van der Waals surface area contributed by atoms with Crippen molar-refractivity contribution in [2.75, 3.05) is 19.8 Å². The summed E-state index contributed by atoms with van der Waals surface area (Å²) in [5, 5.41) is 14.1. The molecule has 0 aliphatic heterocycles. The summed E-state index contributed by atoms with van der Waals surface area (Å²) >= 11 is 0. The second kappa shape index (κ2) is 8.79. The Morgan fingerprint density at radius 3 is 2.65 bits per heavy atom. The van der Waals surface area contributed by atoms with Crippen LogP contribution >= 0.6 is 0 Å². The van der Waals surface area contributed by atoms with Crippen LogP contribution in [0.25, 0.3) is 0 Å². The van der Waals surface area contributed by atoms with E-state index in [1.54, 1.807) is 0 Å². The van der Waals surface area contributed by atoms with Crippen LogP contribution in [-0.4, -0.2) is 42.9 Å². The molecule has 2 atom stereocenters. The van der Waals surface area contributed by atoms with Crippen molar-refractivity contribution in [3.63, 3.8) is 0 Å². The molecule has 0 aromatic rings. The van der Waals surface area contributed by atoms with E-state index in [9.17, 15) is 9.59 Å². The monoisotopic (exact) mass is 286 g/mol. The fourth-order valence-corrected chi connectivity index (χ4v) is 2.75. The highest BCUT2D eigenvalue weighted by Gasteiger charge is 2.28. The van der Waals surface area contributed by atoms with Gasteiger partial charge in [-0.15, -0.1) is 0 Å². The standard InChI is InChI=1S/C14H26N2O4/c1-10(2)11-5-3-4-6-12(11)16-14(19)15-7-8-20-9-13(17)18/h10-12H,3-9H2,1-2H3,(H,17,18)(H2,15,16,19). The number of hydrogen-bond donors (Lipinski definition) is 3. The van der Waals surface area contributed by atoms with Crippen molar-refractivity contribution >= 4 is 12.0 Å². The number of carbonyl (C=O) groups is 2. The number of aliphatic carboxylic acids is 1. The van der Waals surface area contributed by atoms with E-state index < -0.39 is 5.97 Å². The maximum absolute atomic E-state index is 11.8. The van der Waals surface area contributed by atoms with Crippen LogP contribution in [0.3, 0.4) is 0 Å². The Kier molecular flexibility index (Phi) is 7.36. The van der Waals surface area contributed by atoms with Gasteiger partial charge in [0.2, 0.25) is 0 Å². The number of hydrogen-bond acceptors (Lipinski definition) is 3. The summed E-state index contributed by atoms with van der Waals surface area (Å²) in [5.74, 6) is 0.105. The van der Waals surface area contributed by atoms with Gasteiger partial charge >= 0.3 is 12.0 Å². The Bertz CT molecular complexity index is 320. The number of rotatable bonds is 7. The Morgan fingerprint density at radius 2 is 2.00 bits per heavy atom. The fraction of sp³-hybridized carbons (Fsp3) is 0.857. The number of amides is 2. The lowest BCUT2D eigenvalue weighted by molar-refractivity contribution is -0.142. The van der Waals surface area contributed by atoms with Gasteiger partial charge in [-0.05, 0) is 24.7 Å². The zero-order chi connectivity index (χ0) is 15.0. The SMILES string of the molecule is CC(C)C1CCCCC1NC(=O)NCCOCC(=O)O. The topological polar surface area (TPSA) is 87.7 Å². The van der Waals surface area contributed by atoms with Gasteiger partial charge in [-0.25, -0.2) is 9.59 Å². The molecule has 20 heavy (non-hydrogen) atoms. The Morgan fingerprint density at radius 1 is 1.30 bits per heavy atom.